The van der Waals surface area contributed by atoms with Gasteiger partial charge in [-0.15, -0.1) is 0 Å². The zero-order valence-corrected chi connectivity index (χ0v) is 22.6. The number of ether oxygens (including phenoxy) is 1. The molecule has 2 N–H and O–H groups in total. The molecule has 1 aliphatic carbocycles. The first-order chi connectivity index (χ1) is 18.5. The van der Waals surface area contributed by atoms with Gasteiger partial charge in [-0.05, 0) is 75.0 Å². The van der Waals surface area contributed by atoms with Crippen LogP contribution in [0.25, 0.3) is 27.9 Å². The van der Waals surface area contributed by atoms with Gasteiger partial charge in [0, 0.05) is 31.2 Å². The Kier molecular flexibility index (Phi) is 6.95. The number of hydrogen-bond donors (Lipinski definition) is 2. The Morgan fingerprint density at radius 1 is 1.13 bits per heavy atom. The second-order valence-electron chi connectivity index (χ2n) is 10.4. The van der Waals surface area contributed by atoms with E-state index in [1.165, 1.54) is 11.1 Å². The highest BCUT2D eigenvalue weighted by molar-refractivity contribution is 6.34. The molecule has 2 aromatic carbocycles. The Morgan fingerprint density at radius 3 is 2.68 bits per heavy atom. The molecule has 0 unspecified atom stereocenters. The number of fused-ring (bicyclic) bond motifs is 3. The summed E-state index contributed by atoms with van der Waals surface area (Å²) in [6.07, 6.45) is 4.94. The highest BCUT2D eigenvalue weighted by atomic mass is 35.5. The first-order valence-corrected chi connectivity index (χ1v) is 13.8. The number of carbonyl (C=O) groups is 1. The molecule has 0 radical (unpaired) electrons. The van der Waals surface area contributed by atoms with E-state index in [9.17, 15) is 4.79 Å². The van der Waals surface area contributed by atoms with Crippen molar-refractivity contribution in [3.05, 3.63) is 58.2 Å². The number of nitrogens with one attached hydrogen (secondary N) is 2. The number of rotatable bonds is 8. The van der Waals surface area contributed by atoms with E-state index in [0.717, 1.165) is 92.4 Å². The molecular weight excluding hydrogens is 500 g/mol. The van der Waals surface area contributed by atoms with E-state index in [4.69, 9.17) is 26.3 Å². The predicted molar refractivity (Wildman–Crippen MR) is 151 cm³/mol. The number of morpholine rings is 1. The average Bonchev–Trinajstić information content (AvgIpc) is 3.61. The highest BCUT2D eigenvalue weighted by Crippen LogP contribution is 2.32. The van der Waals surface area contributed by atoms with Crippen molar-refractivity contribution >= 4 is 40.0 Å². The van der Waals surface area contributed by atoms with Crippen LogP contribution in [0.5, 0.6) is 0 Å². The first-order valence-electron chi connectivity index (χ1n) is 13.4. The molecule has 2 aromatic heterocycles. The van der Waals surface area contributed by atoms with Crippen LogP contribution in [-0.2, 0) is 4.74 Å². The Bertz CT molecular complexity index is 1510. The summed E-state index contributed by atoms with van der Waals surface area (Å²) in [5.41, 5.74) is 7.35. The lowest BCUT2D eigenvalue weighted by Gasteiger charge is -2.26. The van der Waals surface area contributed by atoms with Gasteiger partial charge in [-0.2, -0.15) is 0 Å². The minimum atomic E-state index is -0.119. The van der Waals surface area contributed by atoms with Crippen LogP contribution in [0.3, 0.4) is 0 Å². The minimum Gasteiger partial charge on any atom is -0.379 e. The maximum atomic E-state index is 12.6. The molecule has 1 aliphatic heterocycles. The summed E-state index contributed by atoms with van der Waals surface area (Å²) in [7, 11) is 0. The molecule has 3 heterocycles. The minimum absolute atomic E-state index is 0.119. The van der Waals surface area contributed by atoms with Crippen LogP contribution in [0.1, 0.15) is 40.7 Å². The number of benzene rings is 2. The maximum absolute atomic E-state index is 12.6. The standard InChI is InChI=1S/C29H33ClN6O2/c1-18-14-24-25(15-19(18)2)36-26(20-4-7-22(23(30)16-20)29(37)33-21-5-6-21)17-32-28(36)27(34-24)31-8-3-9-35-10-12-38-13-11-35/h4,7,14-17,21H,3,5-6,8-13H2,1-2H3,(H,31,34)(H,33,37). The van der Waals surface area contributed by atoms with Gasteiger partial charge in [0.1, 0.15) is 0 Å². The van der Waals surface area contributed by atoms with Gasteiger partial charge in [-0.1, -0.05) is 17.7 Å². The van der Waals surface area contributed by atoms with Gasteiger partial charge in [-0.25, -0.2) is 9.97 Å². The highest BCUT2D eigenvalue weighted by Gasteiger charge is 2.25. The summed E-state index contributed by atoms with van der Waals surface area (Å²) in [6.45, 7) is 9.65. The smallest absolute Gasteiger partial charge is 0.253 e. The number of aromatic nitrogens is 3. The normalized spacial score (nSPS) is 16.3. The fourth-order valence-corrected chi connectivity index (χ4v) is 5.26. The summed E-state index contributed by atoms with van der Waals surface area (Å²) in [5.74, 6) is 0.645. The largest absolute Gasteiger partial charge is 0.379 e. The van der Waals surface area contributed by atoms with E-state index in [2.05, 4.69) is 45.9 Å². The molecule has 1 amide bonds. The number of aryl methyl sites for hydroxylation is 2. The lowest BCUT2D eigenvalue weighted by Crippen LogP contribution is -2.37. The number of amides is 1. The Morgan fingerprint density at radius 2 is 1.92 bits per heavy atom. The van der Waals surface area contributed by atoms with Gasteiger partial charge in [-0.3, -0.25) is 14.1 Å². The van der Waals surface area contributed by atoms with Gasteiger partial charge in [0.2, 0.25) is 0 Å². The van der Waals surface area contributed by atoms with Crippen molar-refractivity contribution in [2.75, 3.05) is 44.7 Å². The van der Waals surface area contributed by atoms with Crippen LogP contribution in [0.2, 0.25) is 5.02 Å². The number of anilines is 1. The molecule has 2 aliphatic rings. The molecule has 1 saturated carbocycles. The SMILES string of the molecule is Cc1cc2nc(NCCCN3CCOCC3)c3ncc(-c4ccc(C(=O)NC5CC5)c(Cl)c4)n3c2cc1C. The van der Waals surface area contributed by atoms with Crippen molar-refractivity contribution in [1.82, 2.24) is 24.6 Å². The van der Waals surface area contributed by atoms with Crippen LogP contribution in [-0.4, -0.2) is 70.6 Å². The van der Waals surface area contributed by atoms with E-state index in [0.29, 0.717) is 10.6 Å². The Labute approximate surface area is 227 Å². The summed E-state index contributed by atoms with van der Waals surface area (Å²) in [6, 6.07) is 10.2. The van der Waals surface area contributed by atoms with Gasteiger partial charge in [0.15, 0.2) is 11.5 Å². The predicted octanol–water partition coefficient (Wildman–Crippen LogP) is 4.85. The van der Waals surface area contributed by atoms with Crippen molar-refractivity contribution in [1.29, 1.82) is 0 Å². The lowest BCUT2D eigenvalue weighted by molar-refractivity contribution is 0.0378. The maximum Gasteiger partial charge on any atom is 0.253 e. The molecule has 0 spiro atoms. The molecule has 0 atom stereocenters. The Hall–Kier alpha value is -3.20. The zero-order chi connectivity index (χ0) is 26.2. The molecule has 0 bridgehead atoms. The summed E-state index contributed by atoms with van der Waals surface area (Å²) >= 11 is 6.61. The second-order valence-corrected chi connectivity index (χ2v) is 10.8. The molecule has 198 valence electrons. The summed E-state index contributed by atoms with van der Waals surface area (Å²) < 4.78 is 7.61. The van der Waals surface area contributed by atoms with Gasteiger partial charge >= 0.3 is 0 Å². The number of imidazole rings is 1. The third-order valence-electron chi connectivity index (χ3n) is 7.51. The van der Waals surface area contributed by atoms with Crippen LogP contribution < -0.4 is 10.6 Å². The fourth-order valence-electron chi connectivity index (χ4n) is 4.99. The second kappa shape index (κ2) is 10.5. The van der Waals surface area contributed by atoms with Crippen molar-refractivity contribution in [3.63, 3.8) is 0 Å². The van der Waals surface area contributed by atoms with Crippen molar-refractivity contribution in [3.8, 4) is 11.3 Å². The topological polar surface area (TPSA) is 83.8 Å². The number of halogens is 1. The molecule has 9 heteroatoms. The number of carbonyl (C=O) groups excluding carboxylic acids is 1. The van der Waals surface area contributed by atoms with E-state index >= 15 is 0 Å². The monoisotopic (exact) mass is 532 g/mol. The summed E-state index contributed by atoms with van der Waals surface area (Å²) in [4.78, 5) is 24.8. The van der Waals surface area contributed by atoms with Gasteiger partial charge in [0.05, 0.1) is 46.7 Å². The van der Waals surface area contributed by atoms with E-state index in [1.54, 1.807) is 6.07 Å². The van der Waals surface area contributed by atoms with E-state index in [1.807, 2.05) is 18.3 Å². The van der Waals surface area contributed by atoms with Crippen LogP contribution in [0.4, 0.5) is 5.82 Å². The zero-order valence-electron chi connectivity index (χ0n) is 21.9. The first kappa shape index (κ1) is 25.1. The molecule has 38 heavy (non-hydrogen) atoms. The van der Waals surface area contributed by atoms with Crippen LogP contribution >= 0.6 is 11.6 Å². The third-order valence-corrected chi connectivity index (χ3v) is 7.82. The Balaban J connectivity index is 1.34. The molecule has 4 aromatic rings. The van der Waals surface area contributed by atoms with Crippen molar-refractivity contribution < 1.29 is 9.53 Å². The number of hydrogen-bond acceptors (Lipinski definition) is 6. The van der Waals surface area contributed by atoms with Crippen molar-refractivity contribution in [2.45, 2.75) is 39.2 Å². The van der Waals surface area contributed by atoms with E-state index in [-0.39, 0.29) is 11.9 Å². The van der Waals surface area contributed by atoms with Crippen LogP contribution in [0.15, 0.2) is 36.5 Å². The molecule has 6 rings (SSSR count). The van der Waals surface area contributed by atoms with Gasteiger partial charge in [0.25, 0.3) is 5.91 Å². The molecule has 8 nitrogen and oxygen atoms in total. The fraction of sp³-hybridized carbons (Fsp3) is 0.414. The van der Waals surface area contributed by atoms with Crippen LogP contribution in [0, 0.1) is 13.8 Å². The lowest BCUT2D eigenvalue weighted by atomic mass is 10.1. The van der Waals surface area contributed by atoms with Crippen molar-refractivity contribution in [2.24, 2.45) is 0 Å². The summed E-state index contributed by atoms with van der Waals surface area (Å²) in [5, 5.41) is 7.00. The molecular formula is C29H33ClN6O2. The van der Waals surface area contributed by atoms with Gasteiger partial charge < -0.3 is 15.4 Å². The molecule has 2 fully saturated rings. The average molecular weight is 533 g/mol. The van der Waals surface area contributed by atoms with E-state index < -0.39 is 0 Å². The third kappa shape index (κ3) is 5.08. The molecule has 1 saturated heterocycles. The number of nitrogens with zero attached hydrogens (tertiary/aromatic N) is 4. The quantitative estimate of drug-likeness (QED) is 0.316.